The summed E-state index contributed by atoms with van der Waals surface area (Å²) in [4.78, 5) is 4.13. The Balaban J connectivity index is 2.39. The first kappa shape index (κ1) is 12.2. The third-order valence-electron chi connectivity index (χ3n) is 3.05. The molecule has 0 aromatic carbocycles. The smallest absolute Gasteiger partial charge is 0.0315 e. The molecule has 0 aliphatic heterocycles. The molecule has 0 saturated carbocycles. The normalized spacial score (nSPS) is 13.1. The van der Waals surface area contributed by atoms with Crippen molar-refractivity contribution >= 4 is 0 Å². The molecule has 0 aliphatic carbocycles. The lowest BCUT2D eigenvalue weighted by Crippen LogP contribution is -2.25. The highest BCUT2D eigenvalue weighted by Crippen LogP contribution is 2.12. The number of hydrogen-bond donors (Lipinski definition) is 1. The topological polar surface area (TPSA) is 24.9 Å². The Morgan fingerprint density at radius 1 is 1.33 bits per heavy atom. The zero-order valence-corrected chi connectivity index (χ0v) is 10.0. The maximum absolute atomic E-state index is 4.13. The Morgan fingerprint density at radius 2 is 2.07 bits per heavy atom. The van der Waals surface area contributed by atoms with Crippen LogP contribution in [0.4, 0.5) is 0 Å². The van der Waals surface area contributed by atoms with Gasteiger partial charge in [-0.3, -0.25) is 4.98 Å². The van der Waals surface area contributed by atoms with Crippen LogP contribution in [-0.4, -0.2) is 11.5 Å². The van der Waals surface area contributed by atoms with Gasteiger partial charge in [0.05, 0.1) is 0 Å². The summed E-state index contributed by atoms with van der Waals surface area (Å²) in [5.74, 6) is 0.795. The molecule has 1 N–H and O–H groups in total. The highest BCUT2D eigenvalue weighted by molar-refractivity contribution is 5.12. The third-order valence-corrected chi connectivity index (χ3v) is 3.05. The van der Waals surface area contributed by atoms with Crippen LogP contribution in [0.15, 0.2) is 24.5 Å². The molecule has 1 heterocycles. The van der Waals surface area contributed by atoms with Gasteiger partial charge in [0, 0.05) is 18.4 Å². The van der Waals surface area contributed by atoms with Crippen molar-refractivity contribution in [1.82, 2.24) is 10.3 Å². The Hall–Kier alpha value is -0.890. The molecule has 2 heteroatoms. The van der Waals surface area contributed by atoms with Crippen molar-refractivity contribution in [2.24, 2.45) is 5.92 Å². The zero-order valence-electron chi connectivity index (χ0n) is 10.0. The molecule has 0 fully saturated rings. The molecule has 0 saturated heterocycles. The summed E-state index contributed by atoms with van der Waals surface area (Å²) >= 11 is 0. The Bertz CT molecular complexity index is 254. The van der Waals surface area contributed by atoms with Gasteiger partial charge in [-0.2, -0.15) is 0 Å². The molecule has 2 nitrogen and oxygen atoms in total. The summed E-state index contributed by atoms with van der Waals surface area (Å²) in [6.07, 6.45) is 6.26. The summed E-state index contributed by atoms with van der Waals surface area (Å²) < 4.78 is 0. The number of hydrogen-bond acceptors (Lipinski definition) is 2. The van der Waals surface area contributed by atoms with Gasteiger partial charge >= 0.3 is 0 Å². The SMILES string of the molecule is CCC(CC)CNC(C)c1cccnc1. The van der Waals surface area contributed by atoms with Crippen molar-refractivity contribution in [2.75, 3.05) is 6.54 Å². The molecule has 0 amide bonds. The largest absolute Gasteiger partial charge is 0.310 e. The van der Waals surface area contributed by atoms with Crippen LogP contribution in [0, 0.1) is 5.92 Å². The molecule has 0 spiro atoms. The van der Waals surface area contributed by atoms with Gasteiger partial charge in [-0.1, -0.05) is 32.8 Å². The van der Waals surface area contributed by atoms with Gasteiger partial charge in [-0.05, 0) is 31.0 Å². The van der Waals surface area contributed by atoms with Gasteiger partial charge in [0.25, 0.3) is 0 Å². The average Bonchev–Trinajstić information content (AvgIpc) is 2.31. The maximum atomic E-state index is 4.13. The molecular weight excluding hydrogens is 184 g/mol. The minimum atomic E-state index is 0.402. The van der Waals surface area contributed by atoms with E-state index in [-0.39, 0.29) is 0 Å². The van der Waals surface area contributed by atoms with Crippen molar-refractivity contribution in [1.29, 1.82) is 0 Å². The molecule has 1 atom stereocenters. The van der Waals surface area contributed by atoms with Crippen LogP contribution in [-0.2, 0) is 0 Å². The van der Waals surface area contributed by atoms with Gasteiger partial charge < -0.3 is 5.32 Å². The standard InChI is InChI=1S/C13H22N2/c1-4-12(5-2)9-15-11(3)13-7-6-8-14-10-13/h6-8,10-12,15H,4-5,9H2,1-3H3. The van der Waals surface area contributed by atoms with Crippen LogP contribution >= 0.6 is 0 Å². The monoisotopic (exact) mass is 206 g/mol. The molecule has 15 heavy (non-hydrogen) atoms. The maximum Gasteiger partial charge on any atom is 0.0315 e. The summed E-state index contributed by atoms with van der Waals surface area (Å²) in [6.45, 7) is 7.80. The van der Waals surface area contributed by atoms with E-state index in [1.165, 1.54) is 18.4 Å². The third kappa shape index (κ3) is 4.00. The lowest BCUT2D eigenvalue weighted by atomic mass is 10.0. The number of pyridine rings is 1. The molecule has 1 aromatic heterocycles. The Kier molecular flexibility index (Phi) is 5.33. The summed E-state index contributed by atoms with van der Waals surface area (Å²) in [5.41, 5.74) is 1.27. The molecule has 0 aliphatic rings. The van der Waals surface area contributed by atoms with E-state index in [9.17, 15) is 0 Å². The number of nitrogens with one attached hydrogen (secondary N) is 1. The number of aromatic nitrogens is 1. The van der Waals surface area contributed by atoms with E-state index >= 15 is 0 Å². The first-order chi connectivity index (χ1) is 7.27. The highest BCUT2D eigenvalue weighted by Gasteiger charge is 2.07. The lowest BCUT2D eigenvalue weighted by Gasteiger charge is -2.18. The van der Waals surface area contributed by atoms with E-state index in [1.54, 1.807) is 0 Å². The van der Waals surface area contributed by atoms with Crippen LogP contribution < -0.4 is 5.32 Å². The van der Waals surface area contributed by atoms with E-state index in [0.29, 0.717) is 6.04 Å². The molecule has 0 bridgehead atoms. The number of nitrogens with zero attached hydrogens (tertiary/aromatic N) is 1. The van der Waals surface area contributed by atoms with Crippen LogP contribution in [0.5, 0.6) is 0 Å². The first-order valence-corrected chi connectivity index (χ1v) is 5.91. The summed E-state index contributed by atoms with van der Waals surface area (Å²) in [5, 5.41) is 3.56. The fourth-order valence-electron chi connectivity index (χ4n) is 1.67. The van der Waals surface area contributed by atoms with Gasteiger partial charge in [0.15, 0.2) is 0 Å². The molecule has 1 rings (SSSR count). The van der Waals surface area contributed by atoms with Gasteiger partial charge in [-0.15, -0.1) is 0 Å². The van der Waals surface area contributed by atoms with E-state index in [0.717, 1.165) is 12.5 Å². The molecule has 84 valence electrons. The minimum absolute atomic E-state index is 0.402. The van der Waals surface area contributed by atoms with Gasteiger partial charge in [0.2, 0.25) is 0 Å². The fraction of sp³-hybridized carbons (Fsp3) is 0.615. The fourth-order valence-corrected chi connectivity index (χ4v) is 1.67. The van der Waals surface area contributed by atoms with E-state index in [1.807, 2.05) is 18.5 Å². The second-order valence-electron chi connectivity index (χ2n) is 4.10. The summed E-state index contributed by atoms with van der Waals surface area (Å²) in [7, 11) is 0. The van der Waals surface area contributed by atoms with Crippen molar-refractivity contribution in [3.05, 3.63) is 30.1 Å². The Labute approximate surface area is 93.1 Å². The van der Waals surface area contributed by atoms with E-state index < -0.39 is 0 Å². The van der Waals surface area contributed by atoms with Crippen LogP contribution in [0.2, 0.25) is 0 Å². The average molecular weight is 206 g/mol. The number of rotatable bonds is 6. The van der Waals surface area contributed by atoms with Crippen molar-refractivity contribution in [3.8, 4) is 0 Å². The van der Waals surface area contributed by atoms with Crippen molar-refractivity contribution in [3.63, 3.8) is 0 Å². The molecular formula is C13H22N2. The van der Waals surface area contributed by atoms with Crippen molar-refractivity contribution < 1.29 is 0 Å². The quantitative estimate of drug-likeness (QED) is 0.773. The Morgan fingerprint density at radius 3 is 2.60 bits per heavy atom. The van der Waals surface area contributed by atoms with Gasteiger partial charge in [-0.25, -0.2) is 0 Å². The highest BCUT2D eigenvalue weighted by atomic mass is 14.9. The van der Waals surface area contributed by atoms with Crippen molar-refractivity contribution in [2.45, 2.75) is 39.7 Å². The molecule has 1 unspecified atom stereocenters. The second-order valence-corrected chi connectivity index (χ2v) is 4.10. The van der Waals surface area contributed by atoms with Crippen LogP contribution in [0.3, 0.4) is 0 Å². The lowest BCUT2D eigenvalue weighted by molar-refractivity contribution is 0.422. The second kappa shape index (κ2) is 6.57. The first-order valence-electron chi connectivity index (χ1n) is 5.91. The van der Waals surface area contributed by atoms with E-state index in [2.05, 4.69) is 37.1 Å². The predicted octanol–water partition coefficient (Wildman–Crippen LogP) is 3.17. The summed E-state index contributed by atoms with van der Waals surface area (Å²) in [6, 6.07) is 4.52. The predicted molar refractivity (Wildman–Crippen MR) is 64.7 cm³/mol. The van der Waals surface area contributed by atoms with E-state index in [4.69, 9.17) is 0 Å². The molecule has 0 radical (unpaired) electrons. The van der Waals surface area contributed by atoms with Crippen LogP contribution in [0.1, 0.15) is 45.2 Å². The van der Waals surface area contributed by atoms with Crippen LogP contribution in [0.25, 0.3) is 0 Å². The minimum Gasteiger partial charge on any atom is -0.310 e. The zero-order chi connectivity index (χ0) is 11.1. The molecule has 1 aromatic rings. The van der Waals surface area contributed by atoms with Gasteiger partial charge in [0.1, 0.15) is 0 Å².